The van der Waals surface area contributed by atoms with Crippen molar-refractivity contribution in [1.82, 2.24) is 5.32 Å². The second-order valence-electron chi connectivity index (χ2n) is 6.27. The van der Waals surface area contributed by atoms with Crippen LogP contribution in [0.4, 0.5) is 0 Å². The zero-order chi connectivity index (χ0) is 13.2. The molecule has 1 N–H and O–H groups in total. The molecule has 1 aromatic rings. The van der Waals surface area contributed by atoms with Crippen molar-refractivity contribution in [3.8, 4) is 5.75 Å². The van der Waals surface area contributed by atoms with Crippen molar-refractivity contribution in [3.63, 3.8) is 0 Å². The van der Waals surface area contributed by atoms with Gasteiger partial charge in [0.2, 0.25) is 0 Å². The van der Waals surface area contributed by atoms with E-state index in [1.165, 1.54) is 42.4 Å². The van der Waals surface area contributed by atoms with Crippen LogP contribution in [0.3, 0.4) is 0 Å². The molecular weight excluding hydrogens is 234 g/mol. The molecule has 1 atom stereocenters. The quantitative estimate of drug-likeness (QED) is 0.892. The van der Waals surface area contributed by atoms with Gasteiger partial charge in [-0.2, -0.15) is 0 Å². The Morgan fingerprint density at radius 3 is 2.58 bits per heavy atom. The Kier molecular flexibility index (Phi) is 3.79. The van der Waals surface area contributed by atoms with Gasteiger partial charge in [-0.3, -0.25) is 0 Å². The van der Waals surface area contributed by atoms with Gasteiger partial charge in [0.1, 0.15) is 5.75 Å². The smallest absolute Gasteiger partial charge is 0.123 e. The lowest BCUT2D eigenvalue weighted by atomic mass is 9.86. The number of ether oxygens (including phenoxy) is 1. The summed E-state index contributed by atoms with van der Waals surface area (Å²) in [5.74, 6) is 2.58. The van der Waals surface area contributed by atoms with Gasteiger partial charge >= 0.3 is 0 Å². The highest BCUT2D eigenvalue weighted by atomic mass is 16.5. The molecule has 19 heavy (non-hydrogen) atoms. The first-order valence-electron chi connectivity index (χ1n) is 7.68. The average molecular weight is 259 g/mol. The molecule has 2 nitrogen and oxygen atoms in total. The molecule has 1 aliphatic heterocycles. The maximum atomic E-state index is 6.16. The fourth-order valence-corrected chi connectivity index (χ4v) is 3.04. The number of benzene rings is 1. The lowest BCUT2D eigenvalue weighted by Gasteiger charge is -2.26. The Labute approximate surface area is 116 Å². The van der Waals surface area contributed by atoms with Crippen LogP contribution in [0.2, 0.25) is 0 Å². The Balaban J connectivity index is 1.79. The summed E-state index contributed by atoms with van der Waals surface area (Å²) in [6, 6.07) is 4.60. The second-order valence-corrected chi connectivity index (χ2v) is 6.27. The van der Waals surface area contributed by atoms with Crippen molar-refractivity contribution in [3.05, 3.63) is 28.8 Å². The summed E-state index contributed by atoms with van der Waals surface area (Å²) in [4.78, 5) is 0. The van der Waals surface area contributed by atoms with Crippen LogP contribution in [0.1, 0.15) is 48.3 Å². The van der Waals surface area contributed by atoms with Crippen molar-refractivity contribution in [2.75, 3.05) is 19.7 Å². The molecule has 0 bridgehead atoms. The first-order valence-corrected chi connectivity index (χ1v) is 7.68. The number of nitrogens with one attached hydrogen (secondary N) is 1. The minimum absolute atomic E-state index is 0.635. The Morgan fingerprint density at radius 1 is 1.16 bits per heavy atom. The van der Waals surface area contributed by atoms with Gasteiger partial charge in [-0.25, -0.2) is 0 Å². The molecule has 2 fully saturated rings. The van der Waals surface area contributed by atoms with Crippen LogP contribution >= 0.6 is 0 Å². The standard InChI is InChI=1S/C17H25NO/c1-12-8-16(15-6-7-18-10-15)17(9-13(12)2)19-11-14-4-3-5-14/h8-9,14-15,18H,3-7,10-11H2,1-2H3. The molecule has 2 heteroatoms. The first-order chi connectivity index (χ1) is 9.24. The monoisotopic (exact) mass is 259 g/mol. The zero-order valence-electron chi connectivity index (χ0n) is 12.2. The van der Waals surface area contributed by atoms with E-state index in [1.54, 1.807) is 0 Å². The van der Waals surface area contributed by atoms with Gasteiger partial charge in [-0.1, -0.05) is 12.5 Å². The molecule has 1 heterocycles. The Bertz CT molecular complexity index is 445. The summed E-state index contributed by atoms with van der Waals surface area (Å²) < 4.78 is 6.16. The van der Waals surface area contributed by atoms with Crippen molar-refractivity contribution in [2.24, 2.45) is 5.92 Å². The van der Waals surface area contributed by atoms with Crippen LogP contribution in [0.15, 0.2) is 12.1 Å². The molecule has 1 saturated carbocycles. The van der Waals surface area contributed by atoms with E-state index in [-0.39, 0.29) is 0 Å². The van der Waals surface area contributed by atoms with E-state index in [9.17, 15) is 0 Å². The van der Waals surface area contributed by atoms with E-state index in [1.807, 2.05) is 0 Å². The molecule has 3 rings (SSSR count). The van der Waals surface area contributed by atoms with Gasteiger partial charge in [0.05, 0.1) is 6.61 Å². The molecule has 0 radical (unpaired) electrons. The summed E-state index contributed by atoms with van der Waals surface area (Å²) >= 11 is 0. The summed E-state index contributed by atoms with van der Waals surface area (Å²) in [6.45, 7) is 7.54. The van der Waals surface area contributed by atoms with E-state index < -0.39 is 0 Å². The molecule has 0 aromatic heterocycles. The Morgan fingerprint density at radius 2 is 1.95 bits per heavy atom. The molecule has 0 spiro atoms. The van der Waals surface area contributed by atoms with Crippen LogP contribution in [0, 0.1) is 19.8 Å². The van der Waals surface area contributed by atoms with E-state index in [0.29, 0.717) is 5.92 Å². The normalized spacial score (nSPS) is 23.4. The van der Waals surface area contributed by atoms with E-state index in [2.05, 4.69) is 31.3 Å². The molecule has 104 valence electrons. The highest BCUT2D eigenvalue weighted by molar-refractivity contribution is 5.44. The van der Waals surface area contributed by atoms with Crippen molar-refractivity contribution >= 4 is 0 Å². The predicted molar refractivity (Wildman–Crippen MR) is 79.0 cm³/mol. The van der Waals surface area contributed by atoms with E-state index in [4.69, 9.17) is 4.74 Å². The van der Waals surface area contributed by atoms with Crippen LogP contribution < -0.4 is 10.1 Å². The van der Waals surface area contributed by atoms with Gasteiger partial charge in [-0.15, -0.1) is 0 Å². The zero-order valence-corrected chi connectivity index (χ0v) is 12.2. The molecule has 2 aliphatic rings. The van der Waals surface area contributed by atoms with Crippen LogP contribution in [0.25, 0.3) is 0 Å². The van der Waals surface area contributed by atoms with Gasteiger partial charge in [-0.05, 0) is 68.3 Å². The number of aryl methyl sites for hydroxylation is 2. The highest BCUT2D eigenvalue weighted by Gasteiger charge is 2.23. The number of rotatable bonds is 4. The Hall–Kier alpha value is -1.02. The van der Waals surface area contributed by atoms with Gasteiger partial charge in [0, 0.05) is 12.5 Å². The molecule has 1 aromatic carbocycles. The summed E-state index contributed by atoms with van der Waals surface area (Å²) in [5, 5.41) is 3.46. The van der Waals surface area contributed by atoms with E-state index in [0.717, 1.165) is 31.4 Å². The fraction of sp³-hybridized carbons (Fsp3) is 0.647. The van der Waals surface area contributed by atoms with Gasteiger partial charge in [0.25, 0.3) is 0 Å². The minimum Gasteiger partial charge on any atom is -0.493 e. The van der Waals surface area contributed by atoms with Gasteiger partial charge in [0.15, 0.2) is 0 Å². The molecule has 1 saturated heterocycles. The molecule has 1 aliphatic carbocycles. The SMILES string of the molecule is Cc1cc(OCC2CCC2)c(C2CCNC2)cc1C. The maximum Gasteiger partial charge on any atom is 0.123 e. The maximum absolute atomic E-state index is 6.16. The topological polar surface area (TPSA) is 21.3 Å². The highest BCUT2D eigenvalue weighted by Crippen LogP contribution is 2.34. The molecule has 0 amide bonds. The third-order valence-electron chi connectivity index (χ3n) is 4.83. The van der Waals surface area contributed by atoms with Crippen molar-refractivity contribution in [2.45, 2.75) is 45.4 Å². The number of hydrogen-bond acceptors (Lipinski definition) is 2. The predicted octanol–water partition coefficient (Wildman–Crippen LogP) is 3.56. The van der Waals surface area contributed by atoms with Crippen molar-refractivity contribution < 1.29 is 4.74 Å². The fourth-order valence-electron chi connectivity index (χ4n) is 3.04. The van der Waals surface area contributed by atoms with Gasteiger partial charge < -0.3 is 10.1 Å². The summed E-state index contributed by atoms with van der Waals surface area (Å²) in [7, 11) is 0. The van der Waals surface area contributed by atoms with Crippen LogP contribution in [0.5, 0.6) is 5.75 Å². The van der Waals surface area contributed by atoms with E-state index >= 15 is 0 Å². The minimum atomic E-state index is 0.635. The van der Waals surface area contributed by atoms with Crippen LogP contribution in [-0.2, 0) is 0 Å². The van der Waals surface area contributed by atoms with Crippen LogP contribution in [-0.4, -0.2) is 19.7 Å². The lowest BCUT2D eigenvalue weighted by Crippen LogP contribution is -2.20. The summed E-state index contributed by atoms with van der Waals surface area (Å²) in [6.07, 6.45) is 5.33. The lowest BCUT2D eigenvalue weighted by molar-refractivity contribution is 0.179. The number of hydrogen-bond donors (Lipinski definition) is 1. The van der Waals surface area contributed by atoms with Crippen molar-refractivity contribution in [1.29, 1.82) is 0 Å². The summed E-state index contributed by atoms with van der Waals surface area (Å²) in [5.41, 5.74) is 4.16. The third-order valence-corrected chi connectivity index (χ3v) is 4.83. The average Bonchev–Trinajstić information content (AvgIpc) is 2.85. The largest absolute Gasteiger partial charge is 0.493 e. The third kappa shape index (κ3) is 2.79. The first kappa shape index (κ1) is 13.0. The molecular formula is C17H25NO. The molecule has 1 unspecified atom stereocenters. The second kappa shape index (κ2) is 5.54.